The highest BCUT2D eigenvalue weighted by Gasteiger charge is 2.17. The molecule has 0 spiro atoms. The van der Waals surface area contributed by atoms with Gasteiger partial charge in [-0.15, -0.1) is 4.40 Å². The average Bonchev–Trinajstić information content (AvgIpc) is 3.07. The second-order valence-corrected chi connectivity index (χ2v) is 13.1. The average molecular weight is 701 g/mol. The van der Waals surface area contributed by atoms with Gasteiger partial charge in [0.2, 0.25) is 0 Å². The number of methoxy groups -OCH3 is 2. The Kier molecular flexibility index (Phi) is 12.4. The summed E-state index contributed by atoms with van der Waals surface area (Å²) >= 11 is 5.91. The minimum Gasteiger partial charge on any atom is -0.493 e. The van der Waals surface area contributed by atoms with Gasteiger partial charge in [0.15, 0.2) is 23.1 Å². The first kappa shape index (κ1) is 35.3. The number of amidine groups is 1. The number of halogens is 2. The Hall–Kier alpha value is -4.01. The van der Waals surface area contributed by atoms with E-state index in [4.69, 9.17) is 35.3 Å². The number of fused-ring (bicyclic) bond motifs is 1. The van der Waals surface area contributed by atoms with Gasteiger partial charge < -0.3 is 29.0 Å². The number of anilines is 1. The maximum atomic E-state index is 15.4. The van der Waals surface area contributed by atoms with Crippen molar-refractivity contribution in [2.75, 3.05) is 65.6 Å². The number of nitrogens with one attached hydrogen (secondary N) is 1. The Bertz CT molecular complexity index is 1820. The molecule has 2 heterocycles. The van der Waals surface area contributed by atoms with E-state index in [0.717, 1.165) is 39.3 Å². The van der Waals surface area contributed by atoms with Gasteiger partial charge in [0.05, 0.1) is 44.8 Å². The quantitative estimate of drug-likeness (QED) is 0.0859. The molecule has 0 aliphatic carbocycles. The molecule has 1 aliphatic rings. The lowest BCUT2D eigenvalue weighted by atomic mass is 10.1. The SMILES string of the molecule is COCCC(=NS(=O)(=O)Cc1ccc(Cl)cc1)Nc1ccc(Oc2ccnc3cc(OCCCN4CCOCC4)c(OC)cc23)c(F)c1. The molecule has 5 rings (SSSR count). The van der Waals surface area contributed by atoms with Crippen LogP contribution in [0.2, 0.25) is 5.02 Å². The molecule has 1 fully saturated rings. The first-order chi connectivity index (χ1) is 23.2. The van der Waals surface area contributed by atoms with Crippen molar-refractivity contribution in [3.8, 4) is 23.0 Å². The van der Waals surface area contributed by atoms with Crippen LogP contribution < -0.4 is 19.5 Å². The number of benzene rings is 3. The Morgan fingerprint density at radius 2 is 1.79 bits per heavy atom. The van der Waals surface area contributed by atoms with Crippen molar-refractivity contribution in [2.45, 2.75) is 18.6 Å². The summed E-state index contributed by atoms with van der Waals surface area (Å²) in [4.78, 5) is 6.80. The number of rotatable bonds is 15. The summed E-state index contributed by atoms with van der Waals surface area (Å²) < 4.78 is 73.2. The van der Waals surface area contributed by atoms with E-state index in [0.29, 0.717) is 45.3 Å². The number of hydrogen-bond acceptors (Lipinski definition) is 9. The van der Waals surface area contributed by atoms with Crippen molar-refractivity contribution in [1.82, 2.24) is 9.88 Å². The normalized spacial score (nSPS) is 14.2. The molecule has 0 bridgehead atoms. The van der Waals surface area contributed by atoms with E-state index in [1.165, 1.54) is 19.2 Å². The topological polar surface area (TPSA) is 121 Å². The molecule has 0 radical (unpaired) electrons. The fourth-order valence-corrected chi connectivity index (χ4v) is 6.33. The molecule has 0 amide bonds. The molecule has 4 aromatic rings. The third-order valence-corrected chi connectivity index (χ3v) is 8.91. The Morgan fingerprint density at radius 3 is 2.52 bits per heavy atom. The van der Waals surface area contributed by atoms with Gasteiger partial charge in [0, 0.05) is 67.6 Å². The predicted molar refractivity (Wildman–Crippen MR) is 184 cm³/mol. The van der Waals surface area contributed by atoms with Crippen molar-refractivity contribution in [2.24, 2.45) is 4.40 Å². The molecule has 14 heteroatoms. The largest absolute Gasteiger partial charge is 0.493 e. The zero-order valence-electron chi connectivity index (χ0n) is 26.8. The smallest absolute Gasteiger partial charge is 0.258 e. The van der Waals surface area contributed by atoms with Gasteiger partial charge in [-0.25, -0.2) is 12.8 Å². The van der Waals surface area contributed by atoms with Crippen LogP contribution in [0.25, 0.3) is 10.9 Å². The minimum absolute atomic E-state index is 0.0406. The van der Waals surface area contributed by atoms with Crippen LogP contribution >= 0.6 is 11.6 Å². The van der Waals surface area contributed by atoms with E-state index in [2.05, 4.69) is 19.6 Å². The van der Waals surface area contributed by atoms with Gasteiger partial charge in [-0.1, -0.05) is 23.7 Å². The number of sulfonamides is 1. The number of hydrogen-bond donors (Lipinski definition) is 1. The van der Waals surface area contributed by atoms with Crippen LogP contribution in [-0.2, 0) is 25.2 Å². The van der Waals surface area contributed by atoms with E-state index in [1.54, 1.807) is 61.8 Å². The summed E-state index contributed by atoms with van der Waals surface area (Å²) in [6.07, 6.45) is 2.57. The van der Waals surface area contributed by atoms with Crippen LogP contribution in [0.3, 0.4) is 0 Å². The number of ether oxygens (including phenoxy) is 5. The summed E-state index contributed by atoms with van der Waals surface area (Å²) in [6, 6.07) is 15.9. The molecule has 0 saturated carbocycles. The molecular weight excluding hydrogens is 663 g/mol. The molecule has 1 saturated heterocycles. The molecule has 3 aromatic carbocycles. The van der Waals surface area contributed by atoms with Crippen LogP contribution in [-0.4, -0.2) is 84.4 Å². The molecule has 0 unspecified atom stereocenters. The third-order valence-electron chi connectivity index (χ3n) is 7.46. The van der Waals surface area contributed by atoms with Crippen LogP contribution in [0.1, 0.15) is 18.4 Å². The van der Waals surface area contributed by atoms with Gasteiger partial charge in [0.1, 0.15) is 11.6 Å². The highest BCUT2D eigenvalue weighted by molar-refractivity contribution is 7.89. The fourth-order valence-electron chi connectivity index (χ4n) is 5.05. The number of pyridine rings is 1. The summed E-state index contributed by atoms with van der Waals surface area (Å²) in [5, 5.41) is 4.02. The molecule has 1 aliphatic heterocycles. The summed E-state index contributed by atoms with van der Waals surface area (Å²) in [6.45, 7) is 4.98. The second kappa shape index (κ2) is 16.9. The van der Waals surface area contributed by atoms with E-state index in [9.17, 15) is 8.42 Å². The van der Waals surface area contributed by atoms with E-state index < -0.39 is 15.8 Å². The molecule has 48 heavy (non-hydrogen) atoms. The van der Waals surface area contributed by atoms with E-state index >= 15 is 4.39 Å². The van der Waals surface area contributed by atoms with Gasteiger partial charge in [-0.2, -0.15) is 0 Å². The lowest BCUT2D eigenvalue weighted by molar-refractivity contribution is 0.0357. The van der Waals surface area contributed by atoms with E-state index in [-0.39, 0.29) is 36.1 Å². The summed E-state index contributed by atoms with van der Waals surface area (Å²) in [5.41, 5.74) is 1.41. The Labute approximate surface area is 284 Å². The monoisotopic (exact) mass is 700 g/mol. The lowest BCUT2D eigenvalue weighted by Gasteiger charge is -2.26. The van der Waals surface area contributed by atoms with Crippen molar-refractivity contribution < 1.29 is 36.5 Å². The van der Waals surface area contributed by atoms with Crippen LogP contribution in [0.4, 0.5) is 10.1 Å². The van der Waals surface area contributed by atoms with Gasteiger partial charge in [0.25, 0.3) is 10.0 Å². The Balaban J connectivity index is 1.28. The zero-order valence-corrected chi connectivity index (χ0v) is 28.4. The first-order valence-corrected chi connectivity index (χ1v) is 17.4. The third kappa shape index (κ3) is 10.0. The standard InChI is InChI=1S/C34H38ClFN4O7S/c1-43-17-11-34(39-48(41,42)23-24-4-6-25(35)7-5-24)38-26-8-9-31(28(36)20-26)47-30-10-12-37-29-22-33(32(44-2)21-27(29)30)46-16-3-13-40-14-18-45-19-15-40/h4-10,12,20-22H,3,11,13-19,23H2,1-2H3,(H,38,39). The maximum Gasteiger partial charge on any atom is 0.258 e. The highest BCUT2D eigenvalue weighted by Crippen LogP contribution is 2.38. The van der Waals surface area contributed by atoms with Crippen molar-refractivity contribution in [3.63, 3.8) is 0 Å². The number of aromatic nitrogens is 1. The Morgan fingerprint density at radius 1 is 1.00 bits per heavy atom. The molecule has 1 N–H and O–H groups in total. The number of morpholine rings is 1. The van der Waals surface area contributed by atoms with Crippen molar-refractivity contribution in [3.05, 3.63) is 83.3 Å². The molecule has 1 aromatic heterocycles. The van der Waals surface area contributed by atoms with Gasteiger partial charge in [-0.3, -0.25) is 9.88 Å². The molecule has 256 valence electrons. The van der Waals surface area contributed by atoms with Crippen LogP contribution in [0, 0.1) is 5.82 Å². The molecule has 11 nitrogen and oxygen atoms in total. The van der Waals surface area contributed by atoms with Crippen molar-refractivity contribution >= 4 is 44.1 Å². The summed E-state index contributed by atoms with van der Waals surface area (Å²) in [5.74, 6) is 0.488. The summed E-state index contributed by atoms with van der Waals surface area (Å²) in [7, 11) is -0.876. The van der Waals surface area contributed by atoms with Crippen LogP contribution in [0.15, 0.2) is 71.3 Å². The van der Waals surface area contributed by atoms with Crippen molar-refractivity contribution in [1.29, 1.82) is 0 Å². The van der Waals surface area contributed by atoms with Crippen LogP contribution in [0.5, 0.6) is 23.0 Å². The number of nitrogens with zero attached hydrogens (tertiary/aromatic N) is 3. The maximum absolute atomic E-state index is 15.4. The molecule has 0 atom stereocenters. The highest BCUT2D eigenvalue weighted by atomic mass is 35.5. The predicted octanol–water partition coefficient (Wildman–Crippen LogP) is 6.31. The van der Waals surface area contributed by atoms with Gasteiger partial charge in [-0.05, 0) is 48.4 Å². The lowest BCUT2D eigenvalue weighted by Crippen LogP contribution is -2.37. The minimum atomic E-state index is -3.92. The second-order valence-electron chi connectivity index (χ2n) is 11.0. The first-order valence-electron chi connectivity index (χ1n) is 15.4. The van der Waals surface area contributed by atoms with E-state index in [1.807, 2.05) is 0 Å². The molecular formula is C34H38ClFN4O7S. The van der Waals surface area contributed by atoms with Gasteiger partial charge >= 0.3 is 0 Å². The fraction of sp³-hybridized carbons (Fsp3) is 0.353. The zero-order chi connectivity index (χ0) is 33.9.